The average Bonchev–Trinajstić information content (AvgIpc) is 3.34. The van der Waals surface area contributed by atoms with Crippen LogP contribution in [-0.2, 0) is 17.8 Å². The van der Waals surface area contributed by atoms with Crippen molar-refractivity contribution < 1.29 is 13.9 Å². The lowest BCUT2D eigenvalue weighted by atomic mass is 10.1. The predicted molar refractivity (Wildman–Crippen MR) is 115 cm³/mol. The highest BCUT2D eigenvalue weighted by atomic mass is 79.9. The second kappa shape index (κ2) is 9.23. The van der Waals surface area contributed by atoms with E-state index in [1.165, 1.54) is 18.9 Å². The molecular formula is C20H24BrFN6O2. The maximum absolute atomic E-state index is 14.4. The van der Waals surface area contributed by atoms with Crippen molar-refractivity contribution in [2.75, 3.05) is 39.1 Å². The minimum atomic E-state index is -0.180. The molecule has 160 valence electrons. The fourth-order valence-corrected chi connectivity index (χ4v) is 4.08. The highest BCUT2D eigenvalue weighted by Crippen LogP contribution is 2.26. The second-order valence-electron chi connectivity index (χ2n) is 7.28. The lowest BCUT2D eigenvalue weighted by molar-refractivity contribution is 0.141. The summed E-state index contributed by atoms with van der Waals surface area (Å²) < 4.78 is 27.3. The molecule has 1 fully saturated rings. The van der Waals surface area contributed by atoms with Crippen LogP contribution in [0.2, 0.25) is 0 Å². The van der Waals surface area contributed by atoms with E-state index in [1.54, 1.807) is 13.2 Å². The molecule has 2 aromatic heterocycles. The fourth-order valence-electron chi connectivity index (χ4n) is 3.61. The smallest absolute Gasteiger partial charge is 0.320 e. The van der Waals surface area contributed by atoms with E-state index in [2.05, 4.69) is 35.8 Å². The van der Waals surface area contributed by atoms with Crippen LogP contribution < -0.4 is 10.5 Å². The van der Waals surface area contributed by atoms with Crippen molar-refractivity contribution in [3.8, 4) is 6.01 Å². The van der Waals surface area contributed by atoms with E-state index in [4.69, 9.17) is 15.2 Å². The summed E-state index contributed by atoms with van der Waals surface area (Å²) in [5, 5.41) is 0. The number of likely N-dealkylation sites (tertiary alicyclic amines) is 1. The Morgan fingerprint density at radius 3 is 2.70 bits per heavy atom. The van der Waals surface area contributed by atoms with Crippen LogP contribution in [0, 0.1) is 5.82 Å². The van der Waals surface area contributed by atoms with Crippen LogP contribution >= 0.6 is 15.9 Å². The van der Waals surface area contributed by atoms with Crippen LogP contribution in [-0.4, -0.2) is 57.8 Å². The number of ether oxygens (including phenoxy) is 2. The number of nitrogens with two attached hydrogens (primary N) is 1. The van der Waals surface area contributed by atoms with E-state index in [0.717, 1.165) is 18.7 Å². The molecule has 10 heteroatoms. The molecule has 0 atom stereocenters. The molecule has 0 spiro atoms. The molecule has 3 aromatic rings. The van der Waals surface area contributed by atoms with Crippen LogP contribution in [0.4, 0.5) is 10.2 Å². The molecule has 0 saturated carbocycles. The zero-order valence-corrected chi connectivity index (χ0v) is 18.4. The predicted octanol–water partition coefficient (Wildman–Crippen LogP) is 2.98. The van der Waals surface area contributed by atoms with Crippen LogP contribution in [0.3, 0.4) is 0 Å². The maximum atomic E-state index is 14.4. The topological polar surface area (TPSA) is 91.3 Å². The quantitative estimate of drug-likeness (QED) is 0.393. The molecule has 1 aromatic carbocycles. The van der Waals surface area contributed by atoms with Crippen molar-refractivity contribution in [3.63, 3.8) is 0 Å². The zero-order valence-electron chi connectivity index (χ0n) is 16.8. The number of anilines is 1. The Bertz CT molecular complexity index is 1040. The SMILES string of the molecule is COCCOc1nc(N)c2nc(Br)n(Cc3ccc(F)c(CN4CCCC4)c3)c2n1. The first-order chi connectivity index (χ1) is 14.5. The number of aromatic nitrogens is 4. The largest absolute Gasteiger partial charge is 0.461 e. The average molecular weight is 479 g/mol. The molecule has 2 N–H and O–H groups in total. The summed E-state index contributed by atoms with van der Waals surface area (Å²) in [5.74, 6) is 0.0568. The van der Waals surface area contributed by atoms with Crippen molar-refractivity contribution in [2.24, 2.45) is 0 Å². The summed E-state index contributed by atoms with van der Waals surface area (Å²) in [7, 11) is 1.59. The summed E-state index contributed by atoms with van der Waals surface area (Å²) in [6.07, 6.45) is 2.34. The Balaban J connectivity index is 1.62. The minimum Gasteiger partial charge on any atom is -0.461 e. The van der Waals surface area contributed by atoms with Gasteiger partial charge in [0.2, 0.25) is 0 Å². The summed E-state index contributed by atoms with van der Waals surface area (Å²) in [6.45, 7) is 3.84. The third kappa shape index (κ3) is 4.55. The van der Waals surface area contributed by atoms with E-state index in [9.17, 15) is 4.39 Å². The summed E-state index contributed by atoms with van der Waals surface area (Å²) in [6, 6.07) is 5.38. The highest BCUT2D eigenvalue weighted by molar-refractivity contribution is 9.10. The standard InChI is InChI=1S/C20H24BrFN6O2/c1-29-8-9-30-20-25-17(23)16-18(26-20)28(19(21)24-16)11-13-4-5-15(22)14(10-13)12-27-6-2-3-7-27/h4-5,10H,2-3,6-9,11-12H2,1H3,(H2,23,25,26). The number of nitrogen functional groups attached to an aromatic ring is 1. The molecule has 8 nitrogen and oxygen atoms in total. The van der Waals surface area contributed by atoms with Crippen LogP contribution in [0.1, 0.15) is 24.0 Å². The molecular weight excluding hydrogens is 455 g/mol. The summed E-state index contributed by atoms with van der Waals surface area (Å²) in [4.78, 5) is 15.3. The monoisotopic (exact) mass is 478 g/mol. The van der Waals surface area contributed by atoms with E-state index in [0.29, 0.717) is 47.8 Å². The number of nitrogens with zero attached hydrogens (tertiary/aromatic N) is 5. The maximum Gasteiger partial charge on any atom is 0.320 e. The van der Waals surface area contributed by atoms with Gasteiger partial charge in [0.25, 0.3) is 0 Å². The molecule has 0 bridgehead atoms. The summed E-state index contributed by atoms with van der Waals surface area (Å²) >= 11 is 3.48. The molecule has 0 radical (unpaired) electrons. The second-order valence-corrected chi connectivity index (χ2v) is 7.99. The first-order valence-corrected chi connectivity index (χ1v) is 10.6. The van der Waals surface area contributed by atoms with Crippen molar-refractivity contribution in [1.82, 2.24) is 24.4 Å². The lowest BCUT2D eigenvalue weighted by Crippen LogP contribution is -2.19. The Kier molecular flexibility index (Phi) is 6.45. The van der Waals surface area contributed by atoms with Gasteiger partial charge in [-0.25, -0.2) is 9.37 Å². The number of rotatable bonds is 8. The molecule has 1 aliphatic rings. The first kappa shape index (κ1) is 21.0. The zero-order chi connectivity index (χ0) is 21.1. The van der Waals surface area contributed by atoms with Gasteiger partial charge in [-0.05, 0) is 59.6 Å². The number of halogens is 2. The van der Waals surface area contributed by atoms with Gasteiger partial charge in [-0.1, -0.05) is 6.07 Å². The number of fused-ring (bicyclic) bond motifs is 1. The molecule has 1 aliphatic heterocycles. The number of benzene rings is 1. The molecule has 0 aliphatic carbocycles. The van der Waals surface area contributed by atoms with Crippen molar-refractivity contribution in [1.29, 1.82) is 0 Å². The number of methoxy groups -OCH3 is 1. The van der Waals surface area contributed by atoms with Crippen LogP contribution in [0.25, 0.3) is 11.2 Å². The van der Waals surface area contributed by atoms with Crippen molar-refractivity contribution in [2.45, 2.75) is 25.9 Å². The van der Waals surface area contributed by atoms with E-state index < -0.39 is 0 Å². The van der Waals surface area contributed by atoms with Gasteiger partial charge in [-0.15, -0.1) is 0 Å². The molecule has 0 amide bonds. The molecule has 0 unspecified atom stereocenters. The molecule has 30 heavy (non-hydrogen) atoms. The van der Waals surface area contributed by atoms with Crippen molar-refractivity contribution in [3.05, 3.63) is 39.9 Å². The van der Waals surface area contributed by atoms with Gasteiger partial charge in [-0.2, -0.15) is 9.97 Å². The Morgan fingerprint density at radius 1 is 1.13 bits per heavy atom. The summed E-state index contributed by atoms with van der Waals surface area (Å²) in [5.41, 5.74) is 8.74. The van der Waals surface area contributed by atoms with Crippen LogP contribution in [0.5, 0.6) is 6.01 Å². The van der Waals surface area contributed by atoms with Gasteiger partial charge in [0.1, 0.15) is 12.4 Å². The normalized spacial score (nSPS) is 14.6. The van der Waals surface area contributed by atoms with E-state index in [-0.39, 0.29) is 17.6 Å². The number of hydrogen-bond donors (Lipinski definition) is 1. The molecule has 3 heterocycles. The van der Waals surface area contributed by atoms with Gasteiger partial charge in [0.05, 0.1) is 13.2 Å². The van der Waals surface area contributed by atoms with Gasteiger partial charge in [0, 0.05) is 19.2 Å². The van der Waals surface area contributed by atoms with Crippen LogP contribution in [0.15, 0.2) is 22.9 Å². The van der Waals surface area contributed by atoms with Gasteiger partial charge >= 0.3 is 6.01 Å². The molecule has 4 rings (SSSR count). The van der Waals surface area contributed by atoms with E-state index in [1.807, 2.05) is 10.6 Å². The van der Waals surface area contributed by atoms with Gasteiger partial charge in [-0.3, -0.25) is 9.47 Å². The fraction of sp³-hybridized carbons (Fsp3) is 0.450. The van der Waals surface area contributed by atoms with Gasteiger partial charge in [0.15, 0.2) is 21.7 Å². The Morgan fingerprint density at radius 2 is 1.93 bits per heavy atom. The Hall–Kier alpha value is -2.30. The minimum absolute atomic E-state index is 0.166. The Labute approximate surface area is 182 Å². The van der Waals surface area contributed by atoms with Crippen molar-refractivity contribution >= 4 is 32.9 Å². The molecule has 1 saturated heterocycles. The third-order valence-electron chi connectivity index (χ3n) is 5.12. The highest BCUT2D eigenvalue weighted by Gasteiger charge is 2.18. The lowest BCUT2D eigenvalue weighted by Gasteiger charge is -2.16. The van der Waals surface area contributed by atoms with E-state index >= 15 is 0 Å². The third-order valence-corrected chi connectivity index (χ3v) is 5.72. The van der Waals surface area contributed by atoms with Gasteiger partial charge < -0.3 is 15.2 Å². The number of hydrogen-bond acceptors (Lipinski definition) is 7. The first-order valence-electron chi connectivity index (χ1n) is 9.86. The number of imidazole rings is 1.